The molecular weight excluding hydrogens is 368 g/mol. The number of rotatable bonds is 6. The molecule has 0 saturated carbocycles. The zero-order valence-corrected chi connectivity index (χ0v) is 16.3. The summed E-state index contributed by atoms with van der Waals surface area (Å²) in [5.74, 6) is -1.66. The molecule has 2 amide bonds. The number of carboxylic acids is 1. The van der Waals surface area contributed by atoms with E-state index in [-0.39, 0.29) is 24.8 Å². The van der Waals surface area contributed by atoms with Gasteiger partial charge < -0.3 is 20.0 Å². The van der Waals surface area contributed by atoms with E-state index in [1.54, 1.807) is 20.8 Å². The highest BCUT2D eigenvalue weighted by molar-refractivity contribution is 8.01. The van der Waals surface area contributed by atoms with E-state index in [4.69, 9.17) is 0 Å². The van der Waals surface area contributed by atoms with Crippen LogP contribution in [0, 0.1) is 0 Å². The molecule has 0 radical (unpaired) electrons. The van der Waals surface area contributed by atoms with E-state index in [9.17, 15) is 24.6 Å². The molecule has 4 atom stereocenters. The van der Waals surface area contributed by atoms with Crippen molar-refractivity contribution in [3.63, 3.8) is 0 Å². The fourth-order valence-corrected chi connectivity index (χ4v) is 5.50. The van der Waals surface area contributed by atoms with E-state index in [0.717, 1.165) is 5.56 Å². The monoisotopic (exact) mass is 392 g/mol. The lowest BCUT2D eigenvalue weighted by atomic mass is 9.94. The molecule has 8 heteroatoms. The molecular formula is C19H24N2O5S. The Bertz CT molecular complexity index is 752. The Morgan fingerprint density at radius 2 is 1.93 bits per heavy atom. The van der Waals surface area contributed by atoms with Crippen LogP contribution in [0.3, 0.4) is 0 Å². The number of fused-ring (bicyclic) bond motifs is 1. The first-order valence-electron chi connectivity index (χ1n) is 8.87. The Morgan fingerprint density at radius 3 is 2.48 bits per heavy atom. The van der Waals surface area contributed by atoms with Crippen LogP contribution in [-0.2, 0) is 20.8 Å². The second-order valence-corrected chi connectivity index (χ2v) is 9.37. The molecule has 1 aromatic carbocycles. The number of carbonyl (C=O) groups excluding carboxylic acids is 2. The Labute approximate surface area is 162 Å². The fraction of sp³-hybridized carbons (Fsp3) is 0.526. The third-order valence-corrected chi connectivity index (χ3v) is 6.52. The largest absolute Gasteiger partial charge is 0.480 e. The van der Waals surface area contributed by atoms with E-state index in [1.165, 1.54) is 21.6 Å². The number of amides is 2. The standard InChI is InChI=1S/C19H24N2O5S/c1-11(22)10-20(13(23)9-12-7-5-4-6-8-12)14-16(24)21-15(18(25)26)19(2,3)27-17(14)21/h4-8,11,14-15,17,22H,9-10H2,1-3H3,(H,25,26)/t11?,14-,15+,17-/m1/s1. The van der Waals surface area contributed by atoms with Crippen LogP contribution in [0.2, 0.25) is 0 Å². The highest BCUT2D eigenvalue weighted by Crippen LogP contribution is 2.52. The third kappa shape index (κ3) is 3.55. The van der Waals surface area contributed by atoms with Gasteiger partial charge in [0.25, 0.3) is 0 Å². The second-order valence-electron chi connectivity index (χ2n) is 7.60. The number of aliphatic carboxylic acids is 1. The number of carbonyl (C=O) groups is 3. The number of thioether (sulfide) groups is 1. The van der Waals surface area contributed by atoms with Gasteiger partial charge in [0.1, 0.15) is 17.5 Å². The van der Waals surface area contributed by atoms with Gasteiger partial charge in [-0.1, -0.05) is 30.3 Å². The Hall–Kier alpha value is -2.06. The molecule has 1 unspecified atom stereocenters. The summed E-state index contributed by atoms with van der Waals surface area (Å²) in [4.78, 5) is 40.1. The molecule has 27 heavy (non-hydrogen) atoms. The van der Waals surface area contributed by atoms with Crippen molar-refractivity contribution in [2.75, 3.05) is 6.54 Å². The van der Waals surface area contributed by atoms with Crippen LogP contribution in [0.4, 0.5) is 0 Å². The maximum atomic E-state index is 12.9. The van der Waals surface area contributed by atoms with Crippen molar-refractivity contribution in [2.24, 2.45) is 0 Å². The predicted molar refractivity (Wildman–Crippen MR) is 101 cm³/mol. The maximum absolute atomic E-state index is 12.9. The minimum atomic E-state index is -1.04. The lowest BCUT2D eigenvalue weighted by molar-refractivity contribution is -0.169. The van der Waals surface area contributed by atoms with Crippen molar-refractivity contribution in [3.05, 3.63) is 35.9 Å². The molecule has 2 aliphatic heterocycles. The minimum absolute atomic E-state index is 0.0329. The summed E-state index contributed by atoms with van der Waals surface area (Å²) in [6.07, 6.45) is -0.665. The van der Waals surface area contributed by atoms with Gasteiger partial charge in [-0.2, -0.15) is 0 Å². The molecule has 2 heterocycles. The van der Waals surface area contributed by atoms with Gasteiger partial charge in [0.15, 0.2) is 0 Å². The van der Waals surface area contributed by atoms with Crippen molar-refractivity contribution in [3.8, 4) is 0 Å². The number of benzene rings is 1. The van der Waals surface area contributed by atoms with Gasteiger partial charge in [-0.3, -0.25) is 9.59 Å². The molecule has 1 aromatic rings. The molecule has 2 saturated heterocycles. The minimum Gasteiger partial charge on any atom is -0.480 e. The third-order valence-electron chi connectivity index (χ3n) is 4.96. The molecule has 3 rings (SSSR count). The zero-order chi connectivity index (χ0) is 19.9. The first-order valence-corrected chi connectivity index (χ1v) is 9.75. The van der Waals surface area contributed by atoms with Crippen LogP contribution in [-0.4, -0.2) is 72.6 Å². The van der Waals surface area contributed by atoms with Gasteiger partial charge in [-0.25, -0.2) is 4.79 Å². The topological polar surface area (TPSA) is 98.2 Å². The Kier molecular flexibility index (Phi) is 5.22. The van der Waals surface area contributed by atoms with Crippen LogP contribution in [0.5, 0.6) is 0 Å². The lowest BCUT2D eigenvalue weighted by Crippen LogP contribution is -2.72. The van der Waals surface area contributed by atoms with E-state index >= 15 is 0 Å². The summed E-state index contributed by atoms with van der Waals surface area (Å²) in [6, 6.07) is 7.54. The van der Waals surface area contributed by atoms with Gasteiger partial charge in [0, 0.05) is 11.3 Å². The predicted octanol–water partition coefficient (Wildman–Crippen LogP) is 0.954. The molecule has 0 bridgehead atoms. The number of carboxylic acid groups (broad SMARTS) is 1. The first-order chi connectivity index (χ1) is 12.6. The van der Waals surface area contributed by atoms with E-state index < -0.39 is 34.3 Å². The molecule has 2 N–H and O–H groups in total. The smallest absolute Gasteiger partial charge is 0.327 e. The van der Waals surface area contributed by atoms with Gasteiger partial charge in [0.2, 0.25) is 11.8 Å². The summed E-state index contributed by atoms with van der Waals surface area (Å²) < 4.78 is -0.653. The molecule has 146 valence electrons. The quantitative estimate of drug-likeness (QED) is 0.700. The molecule has 7 nitrogen and oxygen atoms in total. The number of aliphatic hydroxyl groups excluding tert-OH is 1. The van der Waals surface area contributed by atoms with Crippen LogP contribution < -0.4 is 0 Å². The van der Waals surface area contributed by atoms with Crippen LogP contribution in [0.1, 0.15) is 26.3 Å². The summed E-state index contributed by atoms with van der Waals surface area (Å²) in [6.45, 7) is 5.19. The van der Waals surface area contributed by atoms with Crippen molar-refractivity contribution in [1.82, 2.24) is 9.80 Å². The molecule has 2 fully saturated rings. The van der Waals surface area contributed by atoms with Gasteiger partial charge >= 0.3 is 5.97 Å². The van der Waals surface area contributed by atoms with E-state index in [2.05, 4.69) is 0 Å². The number of nitrogens with zero attached hydrogens (tertiary/aromatic N) is 2. The number of β-lactam (4-membered cyclic amide) rings is 1. The number of aliphatic hydroxyl groups is 1. The van der Waals surface area contributed by atoms with Crippen LogP contribution >= 0.6 is 11.8 Å². The van der Waals surface area contributed by atoms with Gasteiger partial charge in [-0.05, 0) is 26.3 Å². The maximum Gasteiger partial charge on any atom is 0.327 e. The normalized spacial score (nSPS) is 26.9. The van der Waals surface area contributed by atoms with Gasteiger partial charge in [0.05, 0.1) is 12.5 Å². The first kappa shape index (κ1) is 19.7. The van der Waals surface area contributed by atoms with Crippen LogP contribution in [0.15, 0.2) is 30.3 Å². The molecule has 0 aromatic heterocycles. The van der Waals surface area contributed by atoms with Gasteiger partial charge in [-0.15, -0.1) is 11.8 Å². The molecule has 0 spiro atoms. The summed E-state index contributed by atoms with van der Waals surface area (Å²) in [7, 11) is 0. The van der Waals surface area contributed by atoms with E-state index in [1.807, 2.05) is 30.3 Å². The summed E-state index contributed by atoms with van der Waals surface area (Å²) in [5, 5.41) is 19.0. The Balaban J connectivity index is 1.83. The summed E-state index contributed by atoms with van der Waals surface area (Å²) in [5.41, 5.74) is 0.824. The SMILES string of the molecule is CC(O)CN(C(=O)Cc1ccccc1)[C@@H]1C(=O)N2[C@@H]1SC(C)(C)[C@@H]2C(=O)O. The fourth-order valence-electron chi connectivity index (χ4n) is 3.81. The Morgan fingerprint density at radius 1 is 1.30 bits per heavy atom. The molecule has 2 aliphatic rings. The average molecular weight is 392 g/mol. The second kappa shape index (κ2) is 7.16. The van der Waals surface area contributed by atoms with Crippen molar-refractivity contribution in [1.29, 1.82) is 0 Å². The summed E-state index contributed by atoms with van der Waals surface area (Å²) >= 11 is 1.39. The van der Waals surface area contributed by atoms with Crippen molar-refractivity contribution in [2.45, 2.75) is 55.5 Å². The zero-order valence-electron chi connectivity index (χ0n) is 15.5. The molecule has 0 aliphatic carbocycles. The highest BCUT2D eigenvalue weighted by atomic mass is 32.2. The van der Waals surface area contributed by atoms with E-state index in [0.29, 0.717) is 0 Å². The van der Waals surface area contributed by atoms with Crippen molar-refractivity contribution >= 4 is 29.5 Å². The van der Waals surface area contributed by atoms with Crippen LogP contribution in [0.25, 0.3) is 0 Å². The number of hydrogen-bond acceptors (Lipinski definition) is 5. The number of hydrogen-bond donors (Lipinski definition) is 2. The van der Waals surface area contributed by atoms with Crippen molar-refractivity contribution < 1.29 is 24.6 Å². The average Bonchev–Trinajstić information content (AvgIpc) is 2.82. The highest BCUT2D eigenvalue weighted by Gasteiger charge is 2.65. The lowest BCUT2D eigenvalue weighted by Gasteiger charge is -2.48.